The highest BCUT2D eigenvalue weighted by Gasteiger charge is 2.12. The van der Waals surface area contributed by atoms with Gasteiger partial charge in [0.05, 0.1) is 0 Å². The van der Waals surface area contributed by atoms with Gasteiger partial charge in [0, 0.05) is 28.2 Å². The van der Waals surface area contributed by atoms with Crippen molar-refractivity contribution in [3.8, 4) is 11.1 Å². The first kappa shape index (κ1) is 14.9. The molecule has 3 aromatic carbocycles. The average molecular weight is 311 g/mol. The van der Waals surface area contributed by atoms with E-state index in [1.807, 2.05) is 0 Å². The summed E-state index contributed by atoms with van der Waals surface area (Å²) < 4.78 is 0. The molecule has 1 aromatic heterocycles. The van der Waals surface area contributed by atoms with Crippen molar-refractivity contribution < 1.29 is 0 Å². The largest absolute Gasteiger partial charge is 0.260 e. The summed E-state index contributed by atoms with van der Waals surface area (Å²) in [5.74, 6) is 0. The van der Waals surface area contributed by atoms with Crippen LogP contribution >= 0.6 is 0 Å². The molecule has 0 saturated carbocycles. The summed E-state index contributed by atoms with van der Waals surface area (Å²) >= 11 is 0. The third kappa shape index (κ3) is 2.56. The molecule has 4 rings (SSSR count). The number of benzene rings is 3. The molecule has 0 radical (unpaired) electrons. The molecule has 118 valence electrons. The molecule has 24 heavy (non-hydrogen) atoms. The van der Waals surface area contributed by atoms with Crippen molar-refractivity contribution in [1.82, 2.24) is 4.98 Å². The van der Waals surface area contributed by atoms with E-state index < -0.39 is 0 Å². The van der Waals surface area contributed by atoms with Gasteiger partial charge in [-0.3, -0.25) is 4.98 Å². The van der Waals surface area contributed by atoms with Crippen molar-refractivity contribution >= 4 is 21.5 Å². The Labute approximate surface area is 143 Å². The van der Waals surface area contributed by atoms with E-state index in [0.717, 1.165) is 6.42 Å². The summed E-state index contributed by atoms with van der Waals surface area (Å²) in [4.78, 5) is 4.83. The van der Waals surface area contributed by atoms with Crippen LogP contribution in [0, 0.1) is 0 Å². The molecular formula is C23H21N. The molecular weight excluding hydrogens is 290 g/mol. The van der Waals surface area contributed by atoms with Crippen LogP contribution in [0.5, 0.6) is 0 Å². The lowest BCUT2D eigenvalue weighted by Crippen LogP contribution is -1.95. The molecule has 0 atom stereocenters. The molecule has 0 N–H and O–H groups in total. The van der Waals surface area contributed by atoms with E-state index in [-0.39, 0.29) is 0 Å². The van der Waals surface area contributed by atoms with E-state index in [1.54, 1.807) is 0 Å². The summed E-state index contributed by atoms with van der Waals surface area (Å²) in [6.45, 7) is 2.23. The zero-order valence-electron chi connectivity index (χ0n) is 14.0. The van der Waals surface area contributed by atoms with Gasteiger partial charge in [-0.05, 0) is 29.2 Å². The van der Waals surface area contributed by atoms with Gasteiger partial charge < -0.3 is 0 Å². The predicted octanol–water partition coefficient (Wildman–Crippen LogP) is 6.40. The Kier molecular flexibility index (Phi) is 4.00. The van der Waals surface area contributed by atoms with Gasteiger partial charge in [-0.15, -0.1) is 0 Å². The molecule has 1 heterocycles. The molecule has 0 saturated heterocycles. The quantitative estimate of drug-likeness (QED) is 0.397. The third-order valence-corrected chi connectivity index (χ3v) is 4.71. The first-order valence-corrected chi connectivity index (χ1v) is 8.73. The molecule has 1 heteroatoms. The highest BCUT2D eigenvalue weighted by Crippen LogP contribution is 2.35. The Bertz CT molecular complexity index is 987. The highest BCUT2D eigenvalue weighted by molar-refractivity contribution is 6.14. The number of hydrogen-bond acceptors (Lipinski definition) is 1. The lowest BCUT2D eigenvalue weighted by molar-refractivity contribution is 0.782. The van der Waals surface area contributed by atoms with Gasteiger partial charge in [-0.25, -0.2) is 0 Å². The Hall–Kier alpha value is -2.67. The fourth-order valence-electron chi connectivity index (χ4n) is 3.46. The summed E-state index contributed by atoms with van der Waals surface area (Å²) in [6, 6.07) is 23.7. The number of unbranched alkanes of at least 4 members (excludes halogenated alkanes) is 1. The maximum Gasteiger partial charge on any atom is 0.0482 e. The summed E-state index contributed by atoms with van der Waals surface area (Å²) in [7, 11) is 0. The molecule has 0 fully saturated rings. The number of nitrogens with zero attached hydrogens (tertiary/aromatic N) is 1. The highest BCUT2D eigenvalue weighted by atomic mass is 14.7. The van der Waals surface area contributed by atoms with Crippen molar-refractivity contribution in [2.45, 2.75) is 26.2 Å². The minimum absolute atomic E-state index is 1.04. The number of rotatable bonds is 4. The zero-order valence-corrected chi connectivity index (χ0v) is 14.0. The van der Waals surface area contributed by atoms with Gasteiger partial charge in [0.1, 0.15) is 0 Å². The lowest BCUT2D eigenvalue weighted by atomic mass is 9.93. The Morgan fingerprint density at radius 1 is 0.792 bits per heavy atom. The number of aromatic nitrogens is 1. The molecule has 0 aliphatic heterocycles. The summed E-state index contributed by atoms with van der Waals surface area (Å²) in [5.41, 5.74) is 3.67. The average Bonchev–Trinajstić information content (AvgIpc) is 2.66. The normalized spacial score (nSPS) is 11.2. The van der Waals surface area contributed by atoms with Crippen molar-refractivity contribution in [2.75, 3.05) is 0 Å². The topological polar surface area (TPSA) is 12.9 Å². The van der Waals surface area contributed by atoms with Crippen LogP contribution in [0.1, 0.15) is 25.5 Å². The van der Waals surface area contributed by atoms with Crippen LogP contribution in [0.4, 0.5) is 0 Å². The molecule has 4 aromatic rings. The number of fused-ring (bicyclic) bond motifs is 3. The van der Waals surface area contributed by atoms with Crippen molar-refractivity contribution in [3.05, 3.63) is 78.6 Å². The Balaban J connectivity index is 2.07. The van der Waals surface area contributed by atoms with E-state index in [2.05, 4.69) is 79.9 Å². The fourth-order valence-corrected chi connectivity index (χ4v) is 3.46. The SMILES string of the molecule is CCCCc1ncc(-c2ccccc2)c2c1ccc1ccccc12. The fraction of sp³-hybridized carbons (Fsp3) is 0.174. The zero-order chi connectivity index (χ0) is 16.4. The van der Waals surface area contributed by atoms with E-state index >= 15 is 0 Å². The maximum atomic E-state index is 4.83. The number of aryl methyl sites for hydroxylation is 1. The van der Waals surface area contributed by atoms with Gasteiger partial charge in [-0.1, -0.05) is 80.1 Å². The first-order valence-electron chi connectivity index (χ1n) is 8.73. The number of pyridine rings is 1. The second kappa shape index (κ2) is 6.45. The number of hydrogen-bond donors (Lipinski definition) is 0. The van der Waals surface area contributed by atoms with Gasteiger partial charge in [-0.2, -0.15) is 0 Å². The predicted molar refractivity (Wildman–Crippen MR) is 103 cm³/mol. The van der Waals surface area contributed by atoms with Crippen molar-refractivity contribution in [3.63, 3.8) is 0 Å². The van der Waals surface area contributed by atoms with Crippen molar-refractivity contribution in [2.24, 2.45) is 0 Å². The Morgan fingerprint density at radius 3 is 2.42 bits per heavy atom. The monoisotopic (exact) mass is 311 g/mol. The van der Waals surface area contributed by atoms with Gasteiger partial charge in [0.25, 0.3) is 0 Å². The molecule has 0 unspecified atom stereocenters. The second-order valence-corrected chi connectivity index (χ2v) is 6.30. The van der Waals surface area contributed by atoms with Crippen molar-refractivity contribution in [1.29, 1.82) is 0 Å². The molecule has 1 nitrogen and oxygen atoms in total. The van der Waals surface area contributed by atoms with Gasteiger partial charge in [0.15, 0.2) is 0 Å². The summed E-state index contributed by atoms with van der Waals surface area (Å²) in [5, 5.41) is 5.23. The second-order valence-electron chi connectivity index (χ2n) is 6.30. The van der Waals surface area contributed by atoms with E-state index in [9.17, 15) is 0 Å². The molecule has 0 amide bonds. The van der Waals surface area contributed by atoms with Gasteiger partial charge in [0.2, 0.25) is 0 Å². The lowest BCUT2D eigenvalue weighted by Gasteiger charge is -2.13. The van der Waals surface area contributed by atoms with E-state index in [0.29, 0.717) is 0 Å². The van der Waals surface area contributed by atoms with Crippen LogP contribution in [0.2, 0.25) is 0 Å². The minimum Gasteiger partial charge on any atom is -0.260 e. The molecule has 0 bridgehead atoms. The van der Waals surface area contributed by atoms with Crippen LogP contribution in [-0.4, -0.2) is 4.98 Å². The Morgan fingerprint density at radius 2 is 1.58 bits per heavy atom. The third-order valence-electron chi connectivity index (χ3n) is 4.71. The molecule has 0 aliphatic carbocycles. The van der Waals surface area contributed by atoms with Crippen LogP contribution in [0.3, 0.4) is 0 Å². The standard InChI is InChI=1S/C23H21N/c1-2-3-13-22-20-15-14-18-11-7-8-12-19(18)23(20)21(16-24-22)17-9-5-4-6-10-17/h4-12,14-16H,2-3,13H2,1H3. The maximum absolute atomic E-state index is 4.83. The minimum atomic E-state index is 1.04. The smallest absolute Gasteiger partial charge is 0.0482 e. The van der Waals surface area contributed by atoms with E-state index in [1.165, 1.54) is 51.2 Å². The first-order chi connectivity index (χ1) is 11.9. The molecule has 0 spiro atoms. The molecule has 0 aliphatic rings. The van der Waals surface area contributed by atoms with Crippen LogP contribution in [-0.2, 0) is 6.42 Å². The van der Waals surface area contributed by atoms with Crippen LogP contribution in [0.25, 0.3) is 32.7 Å². The summed E-state index contributed by atoms with van der Waals surface area (Å²) in [6.07, 6.45) is 5.48. The van der Waals surface area contributed by atoms with Crippen LogP contribution < -0.4 is 0 Å². The van der Waals surface area contributed by atoms with Crippen LogP contribution in [0.15, 0.2) is 72.9 Å². The van der Waals surface area contributed by atoms with E-state index in [4.69, 9.17) is 4.98 Å². The van der Waals surface area contributed by atoms with Gasteiger partial charge >= 0.3 is 0 Å².